The van der Waals surface area contributed by atoms with Crippen molar-refractivity contribution in [3.05, 3.63) is 0 Å². The topological polar surface area (TPSA) is 49.4 Å². The van der Waals surface area contributed by atoms with Crippen LogP contribution in [-0.2, 0) is 9.84 Å². The van der Waals surface area contributed by atoms with Crippen LogP contribution >= 0.6 is 0 Å². The van der Waals surface area contributed by atoms with Crippen molar-refractivity contribution in [3.8, 4) is 0 Å². The normalized spacial score (nSPS) is 39.4. The minimum atomic E-state index is -2.77. The van der Waals surface area contributed by atoms with E-state index in [1.807, 2.05) is 0 Å². The van der Waals surface area contributed by atoms with E-state index in [0.717, 1.165) is 19.5 Å². The first kappa shape index (κ1) is 12.9. The molecule has 5 heteroatoms. The lowest BCUT2D eigenvalue weighted by atomic mass is 9.91. The smallest absolute Gasteiger partial charge is 0.151 e. The van der Waals surface area contributed by atoms with Crippen LogP contribution in [0.2, 0.25) is 0 Å². The van der Waals surface area contributed by atoms with E-state index in [0.29, 0.717) is 23.1 Å². The first-order chi connectivity index (χ1) is 8.50. The molecule has 18 heavy (non-hydrogen) atoms. The number of nitrogens with one attached hydrogen (secondary N) is 1. The fourth-order valence-electron chi connectivity index (χ4n) is 3.96. The van der Waals surface area contributed by atoms with Crippen molar-refractivity contribution in [1.82, 2.24) is 10.2 Å². The van der Waals surface area contributed by atoms with Gasteiger partial charge in [0.05, 0.1) is 11.5 Å². The number of sulfone groups is 1. The summed E-state index contributed by atoms with van der Waals surface area (Å²) in [6.07, 6.45) is 5.99. The standard InChI is InChI=1S/C13H24N2O2S/c1-11-8-14-13(5-2-3-6-13)10-15(11)12-4-7-18(16,17)9-12/h11-12,14H,2-10H2,1H3. The largest absolute Gasteiger partial charge is 0.308 e. The Balaban J connectivity index is 1.74. The van der Waals surface area contributed by atoms with Crippen molar-refractivity contribution in [3.63, 3.8) is 0 Å². The number of nitrogens with zero attached hydrogens (tertiary/aromatic N) is 1. The average Bonchev–Trinajstić information content (AvgIpc) is 2.90. The van der Waals surface area contributed by atoms with E-state index in [9.17, 15) is 8.42 Å². The molecule has 3 rings (SSSR count). The van der Waals surface area contributed by atoms with Gasteiger partial charge in [-0.15, -0.1) is 0 Å². The molecule has 2 atom stereocenters. The van der Waals surface area contributed by atoms with Gasteiger partial charge in [0.1, 0.15) is 0 Å². The van der Waals surface area contributed by atoms with Gasteiger partial charge in [-0.3, -0.25) is 4.90 Å². The monoisotopic (exact) mass is 272 g/mol. The highest BCUT2D eigenvalue weighted by molar-refractivity contribution is 7.91. The van der Waals surface area contributed by atoms with E-state index >= 15 is 0 Å². The van der Waals surface area contributed by atoms with E-state index in [4.69, 9.17) is 0 Å². The zero-order valence-corrected chi connectivity index (χ0v) is 12.0. The zero-order valence-electron chi connectivity index (χ0n) is 11.2. The minimum absolute atomic E-state index is 0.268. The van der Waals surface area contributed by atoms with Gasteiger partial charge < -0.3 is 5.32 Å². The molecule has 1 saturated carbocycles. The first-order valence-electron chi connectivity index (χ1n) is 7.21. The summed E-state index contributed by atoms with van der Waals surface area (Å²) in [5.74, 6) is 0.773. The van der Waals surface area contributed by atoms with Crippen molar-refractivity contribution >= 4 is 9.84 Å². The molecule has 2 heterocycles. The van der Waals surface area contributed by atoms with Crippen LogP contribution in [0.15, 0.2) is 0 Å². The summed E-state index contributed by atoms with van der Waals surface area (Å²) >= 11 is 0. The van der Waals surface area contributed by atoms with Crippen molar-refractivity contribution in [2.45, 2.75) is 56.7 Å². The summed E-state index contributed by atoms with van der Waals surface area (Å²) in [7, 11) is -2.77. The van der Waals surface area contributed by atoms with Gasteiger partial charge >= 0.3 is 0 Å². The predicted octanol–water partition coefficient (Wildman–Crippen LogP) is 0.780. The molecule has 0 amide bonds. The molecule has 2 saturated heterocycles. The Morgan fingerprint density at radius 2 is 2.00 bits per heavy atom. The quantitative estimate of drug-likeness (QED) is 0.766. The lowest BCUT2D eigenvalue weighted by Gasteiger charge is -2.47. The van der Waals surface area contributed by atoms with Crippen LogP contribution < -0.4 is 5.32 Å². The maximum Gasteiger partial charge on any atom is 0.151 e. The maximum atomic E-state index is 11.7. The third kappa shape index (κ3) is 2.32. The van der Waals surface area contributed by atoms with Gasteiger partial charge in [-0.1, -0.05) is 12.8 Å². The molecule has 0 aromatic rings. The fraction of sp³-hybridized carbons (Fsp3) is 1.00. The van der Waals surface area contributed by atoms with Gasteiger partial charge in [0.15, 0.2) is 9.84 Å². The molecule has 3 fully saturated rings. The highest BCUT2D eigenvalue weighted by Crippen LogP contribution is 2.35. The van der Waals surface area contributed by atoms with Gasteiger partial charge in [-0.25, -0.2) is 8.42 Å². The molecule has 1 aliphatic carbocycles. The van der Waals surface area contributed by atoms with Gasteiger partial charge in [0.2, 0.25) is 0 Å². The second-order valence-corrected chi connectivity index (χ2v) is 8.68. The third-order valence-corrected chi connectivity index (χ3v) is 6.81. The molecule has 0 bridgehead atoms. The lowest BCUT2D eigenvalue weighted by molar-refractivity contribution is 0.0591. The van der Waals surface area contributed by atoms with Crippen LogP contribution in [0.5, 0.6) is 0 Å². The maximum absolute atomic E-state index is 11.7. The number of rotatable bonds is 1. The predicted molar refractivity (Wildman–Crippen MR) is 72.4 cm³/mol. The second kappa shape index (κ2) is 4.46. The molecule has 1 spiro atoms. The van der Waals surface area contributed by atoms with Crippen molar-refractivity contribution in [2.24, 2.45) is 0 Å². The molecule has 0 radical (unpaired) electrons. The Kier molecular flexibility index (Phi) is 3.19. The lowest BCUT2D eigenvalue weighted by Crippen LogP contribution is -2.64. The van der Waals surface area contributed by atoms with Gasteiger partial charge in [-0.05, 0) is 26.2 Å². The van der Waals surface area contributed by atoms with Gasteiger partial charge in [-0.2, -0.15) is 0 Å². The fourth-order valence-corrected chi connectivity index (χ4v) is 5.70. The van der Waals surface area contributed by atoms with E-state index in [1.165, 1.54) is 25.7 Å². The van der Waals surface area contributed by atoms with E-state index < -0.39 is 9.84 Å². The number of hydrogen-bond donors (Lipinski definition) is 1. The molecule has 2 unspecified atom stereocenters. The van der Waals surface area contributed by atoms with Crippen molar-refractivity contribution in [2.75, 3.05) is 24.6 Å². The zero-order chi connectivity index (χ0) is 12.8. The molecule has 2 aliphatic heterocycles. The molecule has 1 N–H and O–H groups in total. The number of hydrogen-bond acceptors (Lipinski definition) is 4. The van der Waals surface area contributed by atoms with E-state index in [2.05, 4.69) is 17.1 Å². The number of piperazine rings is 1. The Labute approximate surface area is 110 Å². The van der Waals surface area contributed by atoms with Gasteiger partial charge in [0, 0.05) is 30.7 Å². The van der Waals surface area contributed by atoms with Crippen LogP contribution in [0.3, 0.4) is 0 Å². The summed E-state index contributed by atoms with van der Waals surface area (Å²) in [6.45, 7) is 4.28. The highest BCUT2D eigenvalue weighted by atomic mass is 32.2. The summed E-state index contributed by atoms with van der Waals surface area (Å²) in [5, 5.41) is 3.73. The third-order valence-electron chi connectivity index (χ3n) is 5.06. The Morgan fingerprint density at radius 1 is 1.28 bits per heavy atom. The molecular formula is C13H24N2O2S. The SMILES string of the molecule is CC1CNC2(CCCC2)CN1C1CCS(=O)(=O)C1. The van der Waals surface area contributed by atoms with Crippen LogP contribution in [0.1, 0.15) is 39.0 Å². The second-order valence-electron chi connectivity index (χ2n) is 6.45. The van der Waals surface area contributed by atoms with Crippen molar-refractivity contribution < 1.29 is 8.42 Å². The summed E-state index contributed by atoms with van der Waals surface area (Å²) < 4.78 is 23.3. The summed E-state index contributed by atoms with van der Waals surface area (Å²) in [4.78, 5) is 2.48. The minimum Gasteiger partial charge on any atom is -0.308 e. The first-order valence-corrected chi connectivity index (χ1v) is 9.03. The summed E-state index contributed by atoms with van der Waals surface area (Å²) in [6, 6.07) is 0.735. The molecule has 0 aromatic carbocycles. The summed E-state index contributed by atoms with van der Waals surface area (Å²) in [5.41, 5.74) is 0.291. The van der Waals surface area contributed by atoms with Crippen LogP contribution in [0.4, 0.5) is 0 Å². The molecular weight excluding hydrogens is 248 g/mol. The molecule has 4 nitrogen and oxygen atoms in total. The van der Waals surface area contributed by atoms with Crippen LogP contribution in [0, 0.1) is 0 Å². The van der Waals surface area contributed by atoms with Crippen LogP contribution in [0.25, 0.3) is 0 Å². The van der Waals surface area contributed by atoms with Gasteiger partial charge in [0.25, 0.3) is 0 Å². The van der Waals surface area contributed by atoms with E-state index in [-0.39, 0.29) is 6.04 Å². The Morgan fingerprint density at radius 3 is 2.61 bits per heavy atom. The molecule has 104 valence electrons. The Bertz CT molecular complexity index is 415. The van der Waals surface area contributed by atoms with E-state index in [1.54, 1.807) is 0 Å². The van der Waals surface area contributed by atoms with Crippen molar-refractivity contribution in [1.29, 1.82) is 0 Å². The molecule has 3 aliphatic rings. The highest BCUT2D eigenvalue weighted by Gasteiger charge is 2.44. The average molecular weight is 272 g/mol. The van der Waals surface area contributed by atoms with Crippen LogP contribution in [-0.4, -0.2) is 55.5 Å². The molecule has 0 aromatic heterocycles. The Hall–Kier alpha value is -0.130.